The topological polar surface area (TPSA) is 41.6 Å². The number of nitrogens with zero attached hydrogens (tertiary/aromatic N) is 4. The van der Waals surface area contributed by atoms with E-state index in [0.29, 0.717) is 16.7 Å². The third-order valence-electron chi connectivity index (χ3n) is 3.35. The highest BCUT2D eigenvalue weighted by molar-refractivity contribution is 5.52. The molecule has 0 N–H and O–H groups in total. The van der Waals surface area contributed by atoms with Gasteiger partial charge in [0.25, 0.3) is 6.43 Å². The zero-order valence-corrected chi connectivity index (χ0v) is 15.7. The molecule has 0 radical (unpaired) electrons. The average molecular weight is 432 g/mol. The first kappa shape index (κ1) is 19.5. The lowest BCUT2D eigenvalue weighted by molar-refractivity contribution is -0.884. The van der Waals surface area contributed by atoms with Gasteiger partial charge in [0.15, 0.2) is 0 Å². The number of alkyl halides is 2. The minimum Gasteiger partial charge on any atom is -1.00 e. The van der Waals surface area contributed by atoms with Gasteiger partial charge in [-0.2, -0.15) is 5.26 Å². The highest BCUT2D eigenvalue weighted by atomic mass is 127. The number of imidazole rings is 1. The fourth-order valence-corrected chi connectivity index (χ4v) is 2.30. The van der Waals surface area contributed by atoms with Crippen LogP contribution in [0.5, 0.6) is 0 Å². The van der Waals surface area contributed by atoms with Gasteiger partial charge in [-0.15, -0.1) is 0 Å². The van der Waals surface area contributed by atoms with E-state index in [4.69, 9.17) is 0 Å². The maximum Gasteiger partial charge on any atom is 0.263 e. The Kier molecular flexibility index (Phi) is 6.25. The fourth-order valence-electron chi connectivity index (χ4n) is 2.30. The number of hydrogen-bond acceptors (Lipinski definition) is 2. The molecular weight excluding hydrogens is 413 g/mol. The minimum absolute atomic E-state index is 0. The second-order valence-corrected chi connectivity index (χ2v) is 6.28. The van der Waals surface area contributed by atoms with E-state index >= 15 is 0 Å². The average Bonchev–Trinajstić information content (AvgIpc) is 2.77. The summed E-state index contributed by atoms with van der Waals surface area (Å²) >= 11 is 0. The second kappa shape index (κ2) is 7.36. The largest absolute Gasteiger partial charge is 1.00 e. The summed E-state index contributed by atoms with van der Waals surface area (Å²) in [7, 11) is 6.17. The van der Waals surface area contributed by atoms with E-state index in [9.17, 15) is 14.0 Å². The summed E-state index contributed by atoms with van der Waals surface area (Å²) in [5.74, 6) is 0. The Balaban J connectivity index is 0.00000264. The predicted molar refractivity (Wildman–Crippen MR) is 79.7 cm³/mol. The molecule has 0 amide bonds. The molecule has 0 spiro atoms. The quantitative estimate of drug-likeness (QED) is 0.512. The SMILES string of the molecule is Cc1ncn(-c2ccc(C(F)F)cc2C#N)c1C[N+](C)(C)C.[I-]. The Morgan fingerprint density at radius 3 is 2.48 bits per heavy atom. The monoisotopic (exact) mass is 432 g/mol. The van der Waals surface area contributed by atoms with E-state index in [0.717, 1.165) is 11.4 Å². The van der Waals surface area contributed by atoms with Crippen molar-refractivity contribution in [3.05, 3.63) is 47.0 Å². The zero-order valence-electron chi connectivity index (χ0n) is 13.5. The van der Waals surface area contributed by atoms with Gasteiger partial charge in [-0.3, -0.25) is 4.57 Å². The van der Waals surface area contributed by atoms with Gasteiger partial charge in [0.2, 0.25) is 0 Å². The molecule has 0 aliphatic heterocycles. The van der Waals surface area contributed by atoms with Gasteiger partial charge in [-0.25, -0.2) is 13.8 Å². The molecule has 1 aromatic carbocycles. The Hall–Kier alpha value is -1.53. The molecule has 2 aromatic rings. The van der Waals surface area contributed by atoms with Crippen LogP contribution in [0.1, 0.15) is 28.9 Å². The molecule has 7 heteroatoms. The van der Waals surface area contributed by atoms with Gasteiger partial charge in [0, 0.05) is 5.56 Å². The van der Waals surface area contributed by atoms with Crippen molar-refractivity contribution in [3.8, 4) is 11.8 Å². The highest BCUT2D eigenvalue weighted by Gasteiger charge is 2.19. The van der Waals surface area contributed by atoms with E-state index in [1.165, 1.54) is 12.1 Å². The van der Waals surface area contributed by atoms with Crippen molar-refractivity contribution in [2.75, 3.05) is 21.1 Å². The third kappa shape index (κ3) is 4.48. The van der Waals surface area contributed by atoms with Crippen LogP contribution in [0.2, 0.25) is 0 Å². The van der Waals surface area contributed by atoms with Crippen LogP contribution in [0.15, 0.2) is 24.5 Å². The molecule has 0 bridgehead atoms. The lowest BCUT2D eigenvalue weighted by Crippen LogP contribution is -3.00. The van der Waals surface area contributed by atoms with E-state index in [2.05, 4.69) is 26.1 Å². The molecule has 0 fully saturated rings. The standard InChI is InChI=1S/C16H19F2N4.HI/c1-11-15(9-22(2,3)4)21(10-20-11)14-6-5-12(16(17)18)7-13(14)8-19;/h5-7,10,16H,9H2,1-4H3;1H/q+1;/p-1. The maximum absolute atomic E-state index is 12.8. The normalized spacial score (nSPS) is 11.2. The van der Waals surface area contributed by atoms with Crippen LogP contribution in [0, 0.1) is 18.3 Å². The van der Waals surface area contributed by atoms with Crippen molar-refractivity contribution in [2.24, 2.45) is 0 Å². The van der Waals surface area contributed by atoms with Crippen LogP contribution >= 0.6 is 0 Å². The Labute approximate surface area is 152 Å². The number of aromatic nitrogens is 2. The molecule has 0 atom stereocenters. The molecule has 2 rings (SSSR count). The summed E-state index contributed by atoms with van der Waals surface area (Å²) in [4.78, 5) is 4.31. The van der Waals surface area contributed by atoms with E-state index in [-0.39, 0.29) is 35.1 Å². The second-order valence-electron chi connectivity index (χ2n) is 6.28. The number of aryl methyl sites for hydroxylation is 1. The Morgan fingerprint density at radius 1 is 1.30 bits per heavy atom. The van der Waals surface area contributed by atoms with Gasteiger partial charge < -0.3 is 28.5 Å². The summed E-state index contributed by atoms with van der Waals surface area (Å²) in [6.07, 6.45) is -0.949. The van der Waals surface area contributed by atoms with E-state index in [1.54, 1.807) is 12.4 Å². The van der Waals surface area contributed by atoms with Crippen molar-refractivity contribution in [2.45, 2.75) is 19.9 Å². The first-order chi connectivity index (χ1) is 10.2. The lowest BCUT2D eigenvalue weighted by atomic mass is 10.1. The van der Waals surface area contributed by atoms with Crippen LogP contribution in [-0.4, -0.2) is 35.2 Å². The molecule has 0 aliphatic carbocycles. The van der Waals surface area contributed by atoms with Crippen molar-refractivity contribution >= 4 is 0 Å². The summed E-state index contributed by atoms with van der Waals surface area (Å²) < 4.78 is 28.1. The molecule has 4 nitrogen and oxygen atoms in total. The minimum atomic E-state index is -2.59. The molecule has 23 heavy (non-hydrogen) atoms. The van der Waals surface area contributed by atoms with E-state index in [1.807, 2.05) is 17.6 Å². The fraction of sp³-hybridized carbons (Fsp3) is 0.375. The van der Waals surface area contributed by atoms with Crippen LogP contribution in [0.4, 0.5) is 8.78 Å². The number of quaternary nitrogens is 1. The van der Waals surface area contributed by atoms with Crippen molar-refractivity contribution in [3.63, 3.8) is 0 Å². The summed E-state index contributed by atoms with van der Waals surface area (Å²) in [5.41, 5.74) is 2.49. The van der Waals surface area contributed by atoms with Gasteiger partial charge in [0.05, 0.1) is 44.4 Å². The van der Waals surface area contributed by atoms with Crippen LogP contribution in [0.3, 0.4) is 0 Å². The number of rotatable bonds is 4. The van der Waals surface area contributed by atoms with Crippen LogP contribution in [-0.2, 0) is 6.54 Å². The van der Waals surface area contributed by atoms with Crippen molar-refractivity contribution < 1.29 is 37.2 Å². The molecule has 1 heterocycles. The zero-order chi connectivity index (χ0) is 16.5. The summed E-state index contributed by atoms with van der Waals surface area (Å²) in [6.45, 7) is 2.62. The lowest BCUT2D eigenvalue weighted by Gasteiger charge is -2.25. The van der Waals surface area contributed by atoms with Crippen LogP contribution < -0.4 is 24.0 Å². The van der Waals surface area contributed by atoms with Gasteiger partial charge in [0.1, 0.15) is 18.3 Å². The smallest absolute Gasteiger partial charge is 0.263 e. The molecular formula is C16H19F2IN4. The molecule has 0 saturated carbocycles. The molecule has 1 aromatic heterocycles. The van der Waals surface area contributed by atoms with Crippen molar-refractivity contribution in [1.82, 2.24) is 9.55 Å². The first-order valence-corrected chi connectivity index (χ1v) is 6.89. The molecule has 0 unspecified atom stereocenters. The Morgan fingerprint density at radius 2 is 1.96 bits per heavy atom. The maximum atomic E-state index is 12.8. The highest BCUT2D eigenvalue weighted by Crippen LogP contribution is 2.25. The summed E-state index contributed by atoms with van der Waals surface area (Å²) in [5, 5.41) is 9.28. The molecule has 0 saturated heterocycles. The molecule has 0 aliphatic rings. The van der Waals surface area contributed by atoms with Gasteiger partial charge in [-0.05, 0) is 19.1 Å². The number of nitriles is 1. The Bertz CT molecular complexity index is 727. The van der Waals surface area contributed by atoms with Gasteiger partial charge >= 0.3 is 0 Å². The molecule has 124 valence electrons. The van der Waals surface area contributed by atoms with Gasteiger partial charge in [-0.1, -0.05) is 6.07 Å². The predicted octanol–water partition coefficient (Wildman–Crippen LogP) is 0.200. The first-order valence-electron chi connectivity index (χ1n) is 6.89. The van der Waals surface area contributed by atoms with E-state index < -0.39 is 6.43 Å². The van der Waals surface area contributed by atoms with Crippen LogP contribution in [0.25, 0.3) is 5.69 Å². The number of halogens is 3. The summed E-state index contributed by atoms with van der Waals surface area (Å²) in [6, 6.07) is 6.15. The third-order valence-corrected chi connectivity index (χ3v) is 3.35. The number of hydrogen-bond donors (Lipinski definition) is 0. The van der Waals surface area contributed by atoms with Crippen molar-refractivity contribution in [1.29, 1.82) is 5.26 Å². The number of benzene rings is 1.